The number of likely N-dealkylation sites (tertiary alicyclic amines) is 1. The zero-order valence-corrected chi connectivity index (χ0v) is 15.4. The molecular weight excluding hydrogens is 322 g/mol. The first-order valence-electron chi connectivity index (χ1n) is 9.67. The second-order valence-corrected chi connectivity index (χ2v) is 7.83. The molecule has 3 rings (SSSR count). The standard InChI is InChI=1S/C18H31N3O2S/c22-17(14-5-2-1-3-6-14)21-10-8-15(9-11-21)20-18(24)19-13-16-7-4-12-23-16/h14-16H,1-13H2,(H2,19,20,24)/t16-/m1/s1. The lowest BCUT2D eigenvalue weighted by molar-refractivity contribution is -0.137. The zero-order valence-electron chi connectivity index (χ0n) is 14.6. The summed E-state index contributed by atoms with van der Waals surface area (Å²) >= 11 is 5.39. The lowest BCUT2D eigenvalue weighted by Gasteiger charge is -2.35. The second kappa shape index (κ2) is 8.99. The first-order chi connectivity index (χ1) is 11.7. The van der Waals surface area contributed by atoms with Crippen molar-refractivity contribution in [2.24, 2.45) is 5.92 Å². The third-order valence-corrected chi connectivity index (χ3v) is 5.87. The highest BCUT2D eigenvalue weighted by Gasteiger charge is 2.29. The van der Waals surface area contributed by atoms with E-state index >= 15 is 0 Å². The Kier molecular flexibility index (Phi) is 6.72. The summed E-state index contributed by atoms with van der Waals surface area (Å²) in [6, 6.07) is 0.380. The smallest absolute Gasteiger partial charge is 0.225 e. The molecule has 1 aliphatic carbocycles. The molecule has 1 amide bonds. The number of nitrogens with one attached hydrogen (secondary N) is 2. The SMILES string of the molecule is O=C(C1CCCCC1)N1CCC(NC(=S)NC[C@H]2CCCO2)CC1. The lowest BCUT2D eigenvalue weighted by atomic mass is 9.87. The van der Waals surface area contributed by atoms with Crippen LogP contribution in [0.2, 0.25) is 0 Å². The van der Waals surface area contributed by atoms with Crippen molar-refractivity contribution in [3.8, 4) is 0 Å². The van der Waals surface area contributed by atoms with Gasteiger partial charge in [0.2, 0.25) is 5.91 Å². The van der Waals surface area contributed by atoms with E-state index in [9.17, 15) is 4.79 Å². The van der Waals surface area contributed by atoms with Gasteiger partial charge in [0.05, 0.1) is 6.10 Å². The van der Waals surface area contributed by atoms with Crippen molar-refractivity contribution in [1.29, 1.82) is 0 Å². The van der Waals surface area contributed by atoms with Crippen LogP contribution in [0.25, 0.3) is 0 Å². The van der Waals surface area contributed by atoms with Crippen molar-refractivity contribution in [1.82, 2.24) is 15.5 Å². The summed E-state index contributed by atoms with van der Waals surface area (Å²) in [6.45, 7) is 3.40. The van der Waals surface area contributed by atoms with Crippen molar-refractivity contribution in [3.63, 3.8) is 0 Å². The maximum Gasteiger partial charge on any atom is 0.225 e. The van der Waals surface area contributed by atoms with E-state index in [2.05, 4.69) is 15.5 Å². The molecule has 24 heavy (non-hydrogen) atoms. The second-order valence-electron chi connectivity index (χ2n) is 7.42. The van der Waals surface area contributed by atoms with Crippen molar-refractivity contribution >= 4 is 23.2 Å². The van der Waals surface area contributed by atoms with Crippen LogP contribution in [0.1, 0.15) is 57.8 Å². The van der Waals surface area contributed by atoms with Crippen LogP contribution in [0.4, 0.5) is 0 Å². The van der Waals surface area contributed by atoms with Gasteiger partial charge in [0, 0.05) is 38.2 Å². The fourth-order valence-electron chi connectivity index (χ4n) is 4.10. The van der Waals surface area contributed by atoms with Crippen LogP contribution in [0.15, 0.2) is 0 Å². The van der Waals surface area contributed by atoms with Crippen LogP contribution < -0.4 is 10.6 Å². The number of hydrogen-bond acceptors (Lipinski definition) is 3. The van der Waals surface area contributed by atoms with Crippen molar-refractivity contribution in [3.05, 3.63) is 0 Å². The van der Waals surface area contributed by atoms with Crippen LogP contribution in [0.3, 0.4) is 0 Å². The zero-order chi connectivity index (χ0) is 16.8. The molecule has 2 aliphatic heterocycles. The number of thiocarbonyl (C=S) groups is 1. The summed E-state index contributed by atoms with van der Waals surface area (Å²) in [5.74, 6) is 0.685. The topological polar surface area (TPSA) is 53.6 Å². The van der Waals surface area contributed by atoms with E-state index in [4.69, 9.17) is 17.0 Å². The molecule has 0 aromatic rings. The summed E-state index contributed by atoms with van der Waals surface area (Å²) in [4.78, 5) is 14.7. The van der Waals surface area contributed by atoms with Gasteiger partial charge in [0.25, 0.3) is 0 Å². The minimum atomic E-state index is 0.289. The van der Waals surface area contributed by atoms with Crippen molar-refractivity contribution in [2.75, 3.05) is 26.2 Å². The molecule has 5 nitrogen and oxygen atoms in total. The van der Waals surface area contributed by atoms with Gasteiger partial charge in [0.1, 0.15) is 0 Å². The van der Waals surface area contributed by atoms with Crippen LogP contribution >= 0.6 is 12.2 Å². The molecule has 1 atom stereocenters. The fourth-order valence-corrected chi connectivity index (χ4v) is 4.35. The highest BCUT2D eigenvalue weighted by molar-refractivity contribution is 7.80. The minimum absolute atomic E-state index is 0.289. The van der Waals surface area contributed by atoms with Gasteiger partial charge < -0.3 is 20.3 Å². The van der Waals surface area contributed by atoms with E-state index in [1.54, 1.807) is 0 Å². The monoisotopic (exact) mass is 353 g/mol. The molecule has 2 saturated heterocycles. The Morgan fingerprint density at radius 1 is 1.04 bits per heavy atom. The molecule has 2 N–H and O–H groups in total. The summed E-state index contributed by atoms with van der Waals surface area (Å²) in [5, 5.41) is 7.41. The molecule has 3 fully saturated rings. The molecule has 6 heteroatoms. The summed E-state index contributed by atoms with van der Waals surface area (Å²) in [6.07, 6.45) is 10.5. The van der Waals surface area contributed by atoms with Gasteiger partial charge in [0.15, 0.2) is 5.11 Å². The molecule has 0 aromatic heterocycles. The van der Waals surface area contributed by atoms with Gasteiger partial charge >= 0.3 is 0 Å². The Balaban J connectivity index is 1.33. The van der Waals surface area contributed by atoms with Crippen LogP contribution in [0, 0.1) is 5.92 Å². The van der Waals surface area contributed by atoms with E-state index in [0.717, 1.165) is 69.9 Å². The van der Waals surface area contributed by atoms with Gasteiger partial charge in [-0.3, -0.25) is 4.79 Å². The third kappa shape index (κ3) is 5.06. The summed E-state index contributed by atoms with van der Waals surface area (Å²) in [7, 11) is 0. The Morgan fingerprint density at radius 3 is 2.46 bits per heavy atom. The maximum absolute atomic E-state index is 12.6. The number of hydrogen-bond donors (Lipinski definition) is 2. The molecule has 0 spiro atoms. The van der Waals surface area contributed by atoms with Gasteiger partial charge in [-0.1, -0.05) is 19.3 Å². The molecule has 1 saturated carbocycles. The van der Waals surface area contributed by atoms with E-state index in [0.29, 0.717) is 18.1 Å². The summed E-state index contributed by atoms with van der Waals surface area (Å²) in [5.41, 5.74) is 0. The average molecular weight is 354 g/mol. The van der Waals surface area contributed by atoms with E-state index < -0.39 is 0 Å². The molecule has 0 radical (unpaired) electrons. The third-order valence-electron chi connectivity index (χ3n) is 5.61. The highest BCUT2D eigenvalue weighted by Crippen LogP contribution is 2.26. The number of carbonyl (C=O) groups is 1. The van der Waals surface area contributed by atoms with Crippen LogP contribution in [0.5, 0.6) is 0 Å². The quantitative estimate of drug-likeness (QED) is 0.759. The Hall–Kier alpha value is -0.880. The van der Waals surface area contributed by atoms with Gasteiger partial charge in [-0.15, -0.1) is 0 Å². The predicted molar refractivity (Wildman–Crippen MR) is 98.9 cm³/mol. The van der Waals surface area contributed by atoms with Crippen molar-refractivity contribution in [2.45, 2.75) is 69.9 Å². The normalized spacial score (nSPS) is 26.3. The highest BCUT2D eigenvalue weighted by atomic mass is 32.1. The molecule has 2 heterocycles. The molecule has 136 valence electrons. The number of ether oxygens (including phenoxy) is 1. The Morgan fingerprint density at radius 2 is 1.79 bits per heavy atom. The minimum Gasteiger partial charge on any atom is -0.376 e. The number of amides is 1. The maximum atomic E-state index is 12.6. The Labute approximate surface area is 150 Å². The van der Waals surface area contributed by atoms with Gasteiger partial charge in [-0.2, -0.15) is 0 Å². The number of piperidine rings is 1. The number of rotatable bonds is 4. The first-order valence-corrected chi connectivity index (χ1v) is 10.1. The molecular formula is C18H31N3O2S. The molecule has 0 aromatic carbocycles. The fraction of sp³-hybridized carbons (Fsp3) is 0.889. The number of nitrogens with zero attached hydrogens (tertiary/aromatic N) is 1. The van der Waals surface area contributed by atoms with Crippen LogP contribution in [-0.2, 0) is 9.53 Å². The predicted octanol–water partition coefficient (Wildman–Crippen LogP) is 2.20. The largest absolute Gasteiger partial charge is 0.376 e. The molecule has 0 bridgehead atoms. The van der Waals surface area contributed by atoms with E-state index in [1.807, 2.05) is 0 Å². The molecule has 3 aliphatic rings. The number of carbonyl (C=O) groups excluding carboxylic acids is 1. The van der Waals surface area contributed by atoms with E-state index in [1.165, 1.54) is 19.3 Å². The van der Waals surface area contributed by atoms with Gasteiger partial charge in [-0.05, 0) is 50.7 Å². The lowest BCUT2D eigenvalue weighted by Crippen LogP contribution is -2.50. The van der Waals surface area contributed by atoms with Gasteiger partial charge in [-0.25, -0.2) is 0 Å². The van der Waals surface area contributed by atoms with Crippen LogP contribution in [-0.4, -0.2) is 54.3 Å². The summed E-state index contributed by atoms with van der Waals surface area (Å²) < 4.78 is 5.60. The van der Waals surface area contributed by atoms with Crippen molar-refractivity contribution < 1.29 is 9.53 Å². The Bertz CT molecular complexity index is 426. The van der Waals surface area contributed by atoms with E-state index in [-0.39, 0.29) is 5.92 Å². The molecule has 0 unspecified atom stereocenters. The first kappa shape index (κ1) is 17.9. The average Bonchev–Trinajstić information content (AvgIpc) is 3.14.